The fraction of sp³-hybridized carbons (Fsp3) is 0.533. The third-order valence-electron chi connectivity index (χ3n) is 3.37. The smallest absolute Gasteiger partial charge is 0.226 e. The molecule has 1 aromatic carbocycles. The summed E-state index contributed by atoms with van der Waals surface area (Å²) < 4.78 is 10.7. The number of amides is 1. The van der Waals surface area contributed by atoms with Crippen LogP contribution in [-0.4, -0.2) is 37.3 Å². The summed E-state index contributed by atoms with van der Waals surface area (Å²) in [5.41, 5.74) is 1.03. The van der Waals surface area contributed by atoms with Gasteiger partial charge in [-0.25, -0.2) is 0 Å². The summed E-state index contributed by atoms with van der Waals surface area (Å²) in [4.78, 5) is 14.2. The Morgan fingerprint density at radius 3 is 2.70 bits per heavy atom. The fourth-order valence-electron chi connectivity index (χ4n) is 2.31. The van der Waals surface area contributed by atoms with Crippen molar-refractivity contribution >= 4 is 17.7 Å². The number of ether oxygens (including phenoxy) is 2. The molecule has 1 aliphatic heterocycles. The number of benzene rings is 1. The second-order valence-electron chi connectivity index (χ2n) is 5.02. The number of hydrogen-bond acceptors (Lipinski definition) is 4. The Morgan fingerprint density at radius 1 is 1.35 bits per heavy atom. The first kappa shape index (κ1) is 15.0. The summed E-state index contributed by atoms with van der Waals surface area (Å²) in [6, 6.07) is 5.77. The molecule has 1 saturated heterocycles. The molecule has 1 amide bonds. The first-order valence-corrected chi connectivity index (χ1v) is 7.77. The summed E-state index contributed by atoms with van der Waals surface area (Å²) in [6.45, 7) is 4.67. The van der Waals surface area contributed by atoms with Crippen molar-refractivity contribution in [3.05, 3.63) is 23.8 Å². The summed E-state index contributed by atoms with van der Waals surface area (Å²) >= 11 is 1.78. The lowest BCUT2D eigenvalue weighted by molar-refractivity contribution is -0.134. The van der Waals surface area contributed by atoms with E-state index in [-0.39, 0.29) is 17.2 Å². The third kappa shape index (κ3) is 2.87. The maximum Gasteiger partial charge on any atom is 0.226 e. The van der Waals surface area contributed by atoms with Crippen molar-refractivity contribution in [3.63, 3.8) is 0 Å². The van der Waals surface area contributed by atoms with E-state index in [9.17, 15) is 4.79 Å². The molecule has 0 spiro atoms. The molecule has 1 heterocycles. The first-order chi connectivity index (χ1) is 9.58. The number of nitrogens with zero attached hydrogens (tertiary/aromatic N) is 1. The van der Waals surface area contributed by atoms with Crippen LogP contribution < -0.4 is 9.47 Å². The van der Waals surface area contributed by atoms with Gasteiger partial charge >= 0.3 is 0 Å². The molecule has 110 valence electrons. The summed E-state index contributed by atoms with van der Waals surface area (Å²) in [7, 11) is 3.28. The molecule has 2 rings (SSSR count). The van der Waals surface area contributed by atoms with Crippen LogP contribution in [0.5, 0.6) is 11.5 Å². The van der Waals surface area contributed by atoms with Crippen LogP contribution in [0.4, 0.5) is 0 Å². The third-order valence-corrected chi connectivity index (χ3v) is 4.62. The van der Waals surface area contributed by atoms with Gasteiger partial charge in [0.05, 0.1) is 14.2 Å². The van der Waals surface area contributed by atoms with E-state index in [2.05, 4.69) is 0 Å². The highest BCUT2D eigenvalue weighted by atomic mass is 32.2. The Kier molecular flexibility index (Phi) is 4.81. The normalized spacial score (nSPS) is 18.4. The Balaban J connectivity index is 2.32. The molecule has 20 heavy (non-hydrogen) atoms. The minimum absolute atomic E-state index is 0.0143. The number of thioether (sulfide) groups is 1. The van der Waals surface area contributed by atoms with Crippen LogP contribution in [0.2, 0.25) is 0 Å². The predicted octanol–water partition coefficient (Wildman–Crippen LogP) is 2.93. The first-order valence-electron chi connectivity index (χ1n) is 6.72. The number of carbonyl (C=O) groups is 1. The van der Waals surface area contributed by atoms with Gasteiger partial charge in [0, 0.05) is 29.8 Å². The van der Waals surface area contributed by atoms with E-state index >= 15 is 0 Å². The van der Waals surface area contributed by atoms with Crippen LogP contribution in [0.25, 0.3) is 0 Å². The molecule has 0 bridgehead atoms. The lowest BCUT2D eigenvalue weighted by Gasteiger charge is -2.27. The van der Waals surface area contributed by atoms with Crippen LogP contribution >= 0.6 is 11.8 Å². The zero-order chi connectivity index (χ0) is 14.7. The van der Waals surface area contributed by atoms with Crippen molar-refractivity contribution in [2.75, 3.05) is 26.5 Å². The van der Waals surface area contributed by atoms with Gasteiger partial charge in [0.1, 0.15) is 16.9 Å². The Bertz CT molecular complexity index is 490. The van der Waals surface area contributed by atoms with Crippen molar-refractivity contribution in [1.82, 2.24) is 4.90 Å². The monoisotopic (exact) mass is 295 g/mol. The second-order valence-corrected chi connectivity index (χ2v) is 6.21. The van der Waals surface area contributed by atoms with Crippen LogP contribution in [0, 0.1) is 5.92 Å². The summed E-state index contributed by atoms with van der Waals surface area (Å²) in [6.07, 6.45) is 0. The van der Waals surface area contributed by atoms with Crippen molar-refractivity contribution in [2.24, 2.45) is 5.92 Å². The molecule has 0 saturated carbocycles. The van der Waals surface area contributed by atoms with Crippen LogP contribution in [0.3, 0.4) is 0 Å². The van der Waals surface area contributed by atoms with E-state index in [1.165, 1.54) is 0 Å². The Morgan fingerprint density at radius 2 is 2.10 bits per heavy atom. The maximum absolute atomic E-state index is 12.3. The van der Waals surface area contributed by atoms with Crippen molar-refractivity contribution in [2.45, 2.75) is 19.2 Å². The molecule has 1 aliphatic rings. The van der Waals surface area contributed by atoms with E-state index in [1.807, 2.05) is 36.9 Å². The quantitative estimate of drug-likeness (QED) is 0.856. The van der Waals surface area contributed by atoms with Gasteiger partial charge in [-0.15, -0.1) is 11.8 Å². The molecular formula is C15H21NO3S. The topological polar surface area (TPSA) is 38.8 Å². The highest BCUT2D eigenvalue weighted by molar-refractivity contribution is 7.99. The molecule has 5 heteroatoms. The molecular weight excluding hydrogens is 274 g/mol. The summed E-state index contributed by atoms with van der Waals surface area (Å²) in [5.74, 6) is 2.69. The van der Waals surface area contributed by atoms with Gasteiger partial charge in [-0.3, -0.25) is 4.79 Å². The van der Waals surface area contributed by atoms with Gasteiger partial charge in [0.25, 0.3) is 0 Å². The molecule has 1 fully saturated rings. The largest absolute Gasteiger partial charge is 0.497 e. The Hall–Kier alpha value is -1.36. The van der Waals surface area contributed by atoms with Gasteiger partial charge in [-0.2, -0.15) is 0 Å². The maximum atomic E-state index is 12.3. The standard InChI is InChI=1S/C15H21NO3S/c1-10(2)14(17)16-7-8-20-15(16)12-6-5-11(18-3)9-13(12)19-4/h5-6,9-10,15H,7-8H2,1-4H3/t15-/m0/s1. The molecule has 0 N–H and O–H groups in total. The molecule has 0 radical (unpaired) electrons. The SMILES string of the molecule is COc1ccc([C@@H]2SCCN2C(=O)C(C)C)c(OC)c1. The highest BCUT2D eigenvalue weighted by Gasteiger charge is 2.33. The zero-order valence-electron chi connectivity index (χ0n) is 12.4. The zero-order valence-corrected chi connectivity index (χ0v) is 13.2. The number of hydrogen-bond donors (Lipinski definition) is 0. The number of carbonyl (C=O) groups excluding carboxylic acids is 1. The minimum Gasteiger partial charge on any atom is -0.497 e. The van der Waals surface area contributed by atoms with E-state index in [1.54, 1.807) is 26.0 Å². The predicted molar refractivity (Wildman–Crippen MR) is 81.3 cm³/mol. The van der Waals surface area contributed by atoms with E-state index in [4.69, 9.17) is 9.47 Å². The van der Waals surface area contributed by atoms with Crippen LogP contribution in [0.15, 0.2) is 18.2 Å². The lowest BCUT2D eigenvalue weighted by atomic mass is 10.1. The minimum atomic E-state index is 0.0143. The van der Waals surface area contributed by atoms with Crippen molar-refractivity contribution in [1.29, 1.82) is 0 Å². The van der Waals surface area contributed by atoms with Crippen LogP contribution in [-0.2, 0) is 4.79 Å². The molecule has 4 nitrogen and oxygen atoms in total. The van der Waals surface area contributed by atoms with Gasteiger partial charge in [-0.1, -0.05) is 13.8 Å². The average Bonchev–Trinajstić information content (AvgIpc) is 2.94. The fourth-order valence-corrected chi connectivity index (χ4v) is 3.60. The highest BCUT2D eigenvalue weighted by Crippen LogP contribution is 2.43. The van der Waals surface area contributed by atoms with Crippen molar-refractivity contribution < 1.29 is 14.3 Å². The number of methoxy groups -OCH3 is 2. The van der Waals surface area contributed by atoms with E-state index in [0.29, 0.717) is 0 Å². The molecule has 0 unspecified atom stereocenters. The Labute approximate surface area is 124 Å². The van der Waals surface area contributed by atoms with Gasteiger partial charge in [-0.05, 0) is 12.1 Å². The lowest BCUT2D eigenvalue weighted by Crippen LogP contribution is -2.33. The number of rotatable bonds is 4. The molecule has 1 atom stereocenters. The van der Waals surface area contributed by atoms with Crippen molar-refractivity contribution in [3.8, 4) is 11.5 Å². The molecule has 1 aromatic rings. The van der Waals surface area contributed by atoms with Crippen LogP contribution in [0.1, 0.15) is 24.8 Å². The van der Waals surface area contributed by atoms with Gasteiger partial charge < -0.3 is 14.4 Å². The average molecular weight is 295 g/mol. The van der Waals surface area contributed by atoms with E-state index < -0.39 is 0 Å². The van der Waals surface area contributed by atoms with Gasteiger partial charge in [0.2, 0.25) is 5.91 Å². The summed E-state index contributed by atoms with van der Waals surface area (Å²) in [5, 5.41) is 0.0331. The second kappa shape index (κ2) is 6.39. The molecule has 0 aliphatic carbocycles. The van der Waals surface area contributed by atoms with Gasteiger partial charge in [0.15, 0.2) is 0 Å². The molecule has 0 aromatic heterocycles. The van der Waals surface area contributed by atoms with E-state index in [0.717, 1.165) is 29.4 Å².